The number of phosphoric acid groups is 1. The number of aliphatic hydroxyl groups is 2. The van der Waals surface area contributed by atoms with E-state index in [-0.39, 0.29) is 13.0 Å². The van der Waals surface area contributed by atoms with Crippen LogP contribution in [0.2, 0.25) is 0 Å². The number of phosphoric ester groups is 1. The van der Waals surface area contributed by atoms with Crippen molar-refractivity contribution in [3.8, 4) is 0 Å². The van der Waals surface area contributed by atoms with Crippen LogP contribution < -0.4 is 4.89 Å². The Labute approximate surface area is 229 Å². The van der Waals surface area contributed by atoms with Crippen molar-refractivity contribution >= 4 is 13.8 Å². The van der Waals surface area contributed by atoms with E-state index in [1.165, 1.54) is 19.3 Å². The summed E-state index contributed by atoms with van der Waals surface area (Å²) in [6.45, 7) is 1.56. The number of carbonyl (C=O) groups is 1. The fraction of sp³-hybridized carbons (Fsp3) is 0.679. The van der Waals surface area contributed by atoms with Gasteiger partial charge in [-0.1, -0.05) is 68.4 Å². The molecule has 0 spiro atoms. The van der Waals surface area contributed by atoms with Crippen LogP contribution in [0.15, 0.2) is 48.6 Å². The summed E-state index contributed by atoms with van der Waals surface area (Å²) in [5, 5.41) is 19.3. The Morgan fingerprint density at radius 1 is 1.00 bits per heavy atom. The minimum absolute atomic E-state index is 0.0336. The van der Waals surface area contributed by atoms with E-state index in [4.69, 9.17) is 13.8 Å². The number of allylic oxidation sites excluding steroid dienone is 6. The van der Waals surface area contributed by atoms with Gasteiger partial charge in [0.25, 0.3) is 7.82 Å². The van der Waals surface area contributed by atoms with E-state index in [9.17, 15) is 24.5 Å². The molecule has 3 atom stereocenters. The van der Waals surface area contributed by atoms with Gasteiger partial charge in [-0.05, 0) is 38.5 Å². The van der Waals surface area contributed by atoms with E-state index in [1.807, 2.05) is 57.6 Å². The lowest BCUT2D eigenvalue weighted by atomic mass is 10.1. The van der Waals surface area contributed by atoms with Crippen LogP contribution in [-0.2, 0) is 23.1 Å². The fourth-order valence-corrected chi connectivity index (χ4v) is 3.69. The van der Waals surface area contributed by atoms with Crippen molar-refractivity contribution in [2.45, 2.75) is 76.9 Å². The van der Waals surface area contributed by atoms with Crippen molar-refractivity contribution in [1.82, 2.24) is 0 Å². The van der Waals surface area contributed by atoms with E-state index in [0.29, 0.717) is 30.3 Å². The summed E-state index contributed by atoms with van der Waals surface area (Å²) < 4.78 is 27.0. The maximum atomic E-state index is 12.0. The average molecular weight is 560 g/mol. The third kappa shape index (κ3) is 24.7. The molecule has 1 unspecified atom stereocenters. The molecule has 0 aliphatic heterocycles. The van der Waals surface area contributed by atoms with E-state index < -0.39 is 39.2 Å². The van der Waals surface area contributed by atoms with Gasteiger partial charge in [0.15, 0.2) is 0 Å². The van der Waals surface area contributed by atoms with Gasteiger partial charge in [-0.25, -0.2) is 0 Å². The molecule has 0 aromatic rings. The molecule has 0 bridgehead atoms. The molecule has 0 saturated carbocycles. The molecule has 0 aliphatic carbocycles. The Morgan fingerprint density at radius 3 is 2.39 bits per heavy atom. The zero-order valence-electron chi connectivity index (χ0n) is 23.7. The van der Waals surface area contributed by atoms with Crippen LogP contribution in [0.1, 0.15) is 64.7 Å². The lowest BCUT2D eigenvalue weighted by Crippen LogP contribution is -2.37. The second-order valence-electron chi connectivity index (χ2n) is 10.1. The monoisotopic (exact) mass is 559 g/mol. The minimum atomic E-state index is -4.54. The van der Waals surface area contributed by atoms with E-state index in [2.05, 4.69) is 13.0 Å². The van der Waals surface area contributed by atoms with Gasteiger partial charge in [0.1, 0.15) is 19.3 Å². The number of hydrogen-bond donors (Lipinski definition) is 2. The normalized spacial score (nSPS) is 16.1. The molecule has 0 saturated heterocycles. The van der Waals surface area contributed by atoms with Crippen molar-refractivity contribution in [2.75, 3.05) is 47.5 Å². The van der Waals surface area contributed by atoms with Crippen LogP contribution in [0.5, 0.6) is 0 Å². The number of nitrogens with zero attached hydrogens (tertiary/aromatic N) is 1. The summed E-state index contributed by atoms with van der Waals surface area (Å²) in [5.74, 6) is -0.535. The Bertz CT molecular complexity index is 773. The fourth-order valence-electron chi connectivity index (χ4n) is 2.96. The van der Waals surface area contributed by atoms with Gasteiger partial charge in [-0.15, -0.1) is 0 Å². The van der Waals surface area contributed by atoms with Crippen molar-refractivity contribution in [2.24, 2.45) is 0 Å². The van der Waals surface area contributed by atoms with Crippen LogP contribution >= 0.6 is 7.82 Å². The summed E-state index contributed by atoms with van der Waals surface area (Å²) in [6.07, 6.45) is 21.5. The summed E-state index contributed by atoms with van der Waals surface area (Å²) in [6, 6.07) is 0. The first-order valence-electron chi connectivity index (χ1n) is 13.5. The Morgan fingerprint density at radius 2 is 1.71 bits per heavy atom. The van der Waals surface area contributed by atoms with Gasteiger partial charge >= 0.3 is 5.97 Å². The van der Waals surface area contributed by atoms with E-state index in [0.717, 1.165) is 12.8 Å². The SMILES string of the molecule is CCCCC/C=C\C[C@H](O)/C=C/C=C\C/C=C\CCCC(=O)O[C@H](CO)COP(=O)([O-])OCC[N+](C)(C)C. The molecule has 2 N–H and O–H groups in total. The van der Waals surface area contributed by atoms with Gasteiger partial charge in [0, 0.05) is 6.42 Å². The molecule has 0 rings (SSSR count). The van der Waals surface area contributed by atoms with E-state index >= 15 is 0 Å². The molecular formula is C28H50NO8P. The third-order valence-electron chi connectivity index (χ3n) is 5.22. The lowest BCUT2D eigenvalue weighted by molar-refractivity contribution is -0.870. The zero-order chi connectivity index (χ0) is 28.7. The molecule has 0 radical (unpaired) electrons. The summed E-state index contributed by atoms with van der Waals surface area (Å²) >= 11 is 0. The first kappa shape index (κ1) is 36.4. The molecular weight excluding hydrogens is 509 g/mol. The first-order chi connectivity index (χ1) is 18.0. The predicted molar refractivity (Wildman–Crippen MR) is 149 cm³/mol. The maximum Gasteiger partial charge on any atom is 0.306 e. The molecule has 9 nitrogen and oxygen atoms in total. The van der Waals surface area contributed by atoms with Crippen LogP contribution in [-0.4, -0.2) is 80.4 Å². The molecule has 0 fully saturated rings. The first-order valence-corrected chi connectivity index (χ1v) is 15.0. The highest BCUT2D eigenvalue weighted by Crippen LogP contribution is 2.38. The van der Waals surface area contributed by atoms with Crippen molar-refractivity contribution in [3.63, 3.8) is 0 Å². The number of likely N-dealkylation sites (N-methyl/N-ethyl adjacent to an activating group) is 1. The molecule has 10 heteroatoms. The number of quaternary nitrogens is 1. The zero-order valence-corrected chi connectivity index (χ0v) is 24.6. The average Bonchev–Trinajstić information content (AvgIpc) is 2.84. The highest BCUT2D eigenvalue weighted by atomic mass is 31.2. The maximum absolute atomic E-state index is 12.0. The summed E-state index contributed by atoms with van der Waals surface area (Å²) in [4.78, 5) is 23.8. The Balaban J connectivity index is 4.01. The Kier molecular flexibility index (Phi) is 21.3. The van der Waals surface area contributed by atoms with Crippen LogP contribution in [0.3, 0.4) is 0 Å². The molecule has 0 aromatic carbocycles. The number of unbranched alkanes of at least 4 members (excludes halogenated alkanes) is 4. The topological polar surface area (TPSA) is 125 Å². The summed E-state index contributed by atoms with van der Waals surface area (Å²) in [7, 11) is 1.15. The number of rotatable bonds is 23. The van der Waals surface area contributed by atoms with Crippen LogP contribution in [0.25, 0.3) is 0 Å². The molecule has 220 valence electrons. The minimum Gasteiger partial charge on any atom is -0.756 e. The number of hydrogen-bond acceptors (Lipinski definition) is 8. The van der Waals surface area contributed by atoms with Crippen molar-refractivity contribution in [3.05, 3.63) is 48.6 Å². The predicted octanol–water partition coefficient (Wildman–Crippen LogP) is 4.21. The highest BCUT2D eigenvalue weighted by molar-refractivity contribution is 7.45. The lowest BCUT2D eigenvalue weighted by Gasteiger charge is -2.28. The smallest absolute Gasteiger partial charge is 0.306 e. The van der Waals surface area contributed by atoms with Crippen molar-refractivity contribution < 1.29 is 42.7 Å². The number of aliphatic hydroxyl groups excluding tert-OH is 2. The van der Waals surface area contributed by atoms with Gasteiger partial charge in [0.2, 0.25) is 0 Å². The Hall–Kier alpha value is -1.58. The van der Waals surface area contributed by atoms with Gasteiger partial charge in [-0.2, -0.15) is 0 Å². The second-order valence-corrected chi connectivity index (χ2v) is 11.5. The molecule has 0 amide bonds. The number of ether oxygens (including phenoxy) is 1. The number of carbonyl (C=O) groups excluding carboxylic acids is 1. The molecule has 0 aromatic heterocycles. The van der Waals surface area contributed by atoms with Crippen LogP contribution in [0.4, 0.5) is 0 Å². The van der Waals surface area contributed by atoms with Crippen molar-refractivity contribution in [1.29, 1.82) is 0 Å². The van der Waals surface area contributed by atoms with Gasteiger partial charge in [-0.3, -0.25) is 9.36 Å². The largest absolute Gasteiger partial charge is 0.756 e. The highest BCUT2D eigenvalue weighted by Gasteiger charge is 2.19. The van der Waals surface area contributed by atoms with Gasteiger partial charge < -0.3 is 33.4 Å². The summed E-state index contributed by atoms with van der Waals surface area (Å²) in [5.41, 5.74) is 0. The van der Waals surface area contributed by atoms with E-state index in [1.54, 1.807) is 6.08 Å². The molecule has 38 heavy (non-hydrogen) atoms. The number of esters is 1. The molecule has 0 aliphatic rings. The second kappa shape index (κ2) is 22.3. The third-order valence-corrected chi connectivity index (χ3v) is 6.19. The van der Waals surface area contributed by atoms with Gasteiger partial charge in [0.05, 0.1) is 40.5 Å². The molecule has 0 heterocycles. The standard InChI is InChI=1S/C28H50NO8P/c1-5-6-7-8-13-16-19-26(31)20-17-14-11-9-10-12-15-18-21-28(32)37-27(24-30)25-36-38(33,34)35-23-22-29(2,3)4/h10-14,16-17,20,26-27,30-31H,5-9,15,18-19,21-25H2,1-4H3/b12-10-,14-11-,16-13-,20-17+/t26-,27+/m0/s1. The quantitative estimate of drug-likeness (QED) is 0.0476. The van der Waals surface area contributed by atoms with Crippen LogP contribution in [0, 0.1) is 0 Å².